The third-order valence-corrected chi connectivity index (χ3v) is 7.88. The van der Waals surface area contributed by atoms with Crippen molar-refractivity contribution in [3.63, 3.8) is 0 Å². The van der Waals surface area contributed by atoms with E-state index in [4.69, 9.17) is 4.98 Å². The maximum absolute atomic E-state index is 12.0. The molecule has 2 aliphatic carbocycles. The summed E-state index contributed by atoms with van der Waals surface area (Å²) in [7, 11) is -1.04. The average molecular weight is 365 g/mol. The van der Waals surface area contributed by atoms with Crippen LogP contribution in [0.4, 0.5) is 0 Å². The fraction of sp³-hybridized carbons (Fsp3) is 0.667. The number of hydrogen-bond donors (Lipinski definition) is 1. The molecule has 0 saturated heterocycles. The molecule has 1 aromatic heterocycles. The smallest absolute Gasteiger partial charge is 0.114 e. The number of rotatable bonds is 4. The van der Waals surface area contributed by atoms with Gasteiger partial charge in [-0.2, -0.15) is 5.26 Å². The van der Waals surface area contributed by atoms with Crippen molar-refractivity contribution in [1.29, 1.82) is 5.26 Å². The molecule has 1 heterocycles. The number of aliphatic hydroxyl groups is 1. The van der Waals surface area contributed by atoms with Crippen LogP contribution in [0, 0.1) is 11.3 Å². The first kappa shape index (κ1) is 17.9. The maximum atomic E-state index is 12.0. The Balaban J connectivity index is 1.80. The zero-order chi connectivity index (χ0) is 17.2. The summed E-state index contributed by atoms with van der Waals surface area (Å²) in [5.41, 5.74) is 1.99. The summed E-state index contributed by atoms with van der Waals surface area (Å²) in [6, 6.07) is 4.23. The highest BCUT2D eigenvalue weighted by molar-refractivity contribution is 7.99. The summed E-state index contributed by atoms with van der Waals surface area (Å²) in [5.74, 6) is 0.456. The van der Waals surface area contributed by atoms with E-state index in [1.54, 1.807) is 6.26 Å². The lowest BCUT2D eigenvalue weighted by molar-refractivity contribution is 0.0326. The van der Waals surface area contributed by atoms with Crippen LogP contribution in [0.1, 0.15) is 55.3 Å². The third-order valence-electron chi connectivity index (χ3n) is 5.17. The van der Waals surface area contributed by atoms with E-state index in [-0.39, 0.29) is 5.25 Å². The number of nitrogens with zero attached hydrogens (tertiary/aromatic N) is 2. The molecule has 1 saturated carbocycles. The predicted molar refractivity (Wildman–Crippen MR) is 97.6 cm³/mol. The van der Waals surface area contributed by atoms with Crippen molar-refractivity contribution in [2.45, 2.75) is 67.2 Å². The Labute approximate surface area is 150 Å². The van der Waals surface area contributed by atoms with Crippen LogP contribution >= 0.6 is 11.8 Å². The van der Waals surface area contributed by atoms with Gasteiger partial charge in [0.1, 0.15) is 11.1 Å². The number of aromatic nitrogens is 1. The molecule has 24 heavy (non-hydrogen) atoms. The lowest BCUT2D eigenvalue weighted by atomic mass is 9.86. The van der Waals surface area contributed by atoms with Crippen LogP contribution in [-0.2, 0) is 23.6 Å². The minimum Gasteiger partial charge on any atom is -0.388 e. The fourth-order valence-corrected chi connectivity index (χ4v) is 6.42. The zero-order valence-electron chi connectivity index (χ0n) is 14.1. The normalized spacial score (nSPS) is 28.0. The molecule has 1 fully saturated rings. The maximum Gasteiger partial charge on any atom is 0.114 e. The molecule has 6 heteroatoms. The molecule has 0 unspecified atom stereocenters. The number of fused-ring (bicyclic) bond motifs is 1. The van der Waals surface area contributed by atoms with Gasteiger partial charge in [-0.05, 0) is 50.2 Å². The van der Waals surface area contributed by atoms with Crippen LogP contribution < -0.4 is 0 Å². The lowest BCUT2D eigenvalue weighted by Gasteiger charge is -2.38. The molecule has 2 aliphatic rings. The monoisotopic (exact) mass is 364 g/mol. The number of pyridine rings is 1. The molecule has 1 N–H and O–H groups in total. The Morgan fingerprint density at radius 3 is 2.96 bits per heavy atom. The molecule has 0 aromatic carbocycles. The first-order chi connectivity index (χ1) is 11.5. The Hall–Kier alpha value is -0.900. The van der Waals surface area contributed by atoms with E-state index in [1.807, 2.05) is 6.07 Å². The van der Waals surface area contributed by atoms with E-state index in [9.17, 15) is 14.6 Å². The van der Waals surface area contributed by atoms with E-state index in [0.717, 1.165) is 55.7 Å². The van der Waals surface area contributed by atoms with Gasteiger partial charge in [0, 0.05) is 28.5 Å². The van der Waals surface area contributed by atoms with Gasteiger partial charge in [-0.1, -0.05) is 12.8 Å². The molecule has 0 amide bonds. The van der Waals surface area contributed by atoms with Crippen molar-refractivity contribution in [2.75, 3.05) is 12.0 Å². The fourth-order valence-electron chi connectivity index (χ4n) is 3.83. The number of nitriles is 1. The summed E-state index contributed by atoms with van der Waals surface area (Å²) in [6.45, 7) is 0. The molecule has 0 aliphatic heterocycles. The Morgan fingerprint density at radius 2 is 2.21 bits per heavy atom. The SMILES string of the molecule is C[S@@](=O)[C@@H]1CCCC[C@]1(O)CSc1nc2c(cc1C#N)CCCC2. The van der Waals surface area contributed by atoms with E-state index >= 15 is 0 Å². The van der Waals surface area contributed by atoms with Crippen LogP contribution in [0.2, 0.25) is 0 Å². The summed E-state index contributed by atoms with van der Waals surface area (Å²) in [5, 5.41) is 21.0. The highest BCUT2D eigenvalue weighted by Gasteiger charge is 2.41. The Bertz CT molecular complexity index is 686. The third kappa shape index (κ3) is 3.68. The van der Waals surface area contributed by atoms with Crippen LogP contribution in [0.15, 0.2) is 11.1 Å². The van der Waals surface area contributed by atoms with Gasteiger partial charge >= 0.3 is 0 Å². The molecule has 3 rings (SSSR count). The van der Waals surface area contributed by atoms with Gasteiger partial charge < -0.3 is 5.11 Å². The van der Waals surface area contributed by atoms with E-state index in [2.05, 4.69) is 6.07 Å². The highest BCUT2D eigenvalue weighted by atomic mass is 32.2. The van der Waals surface area contributed by atoms with E-state index in [0.29, 0.717) is 17.7 Å². The number of thioether (sulfide) groups is 1. The second-order valence-electron chi connectivity index (χ2n) is 6.89. The first-order valence-electron chi connectivity index (χ1n) is 8.64. The molecule has 0 spiro atoms. The van der Waals surface area contributed by atoms with Crippen molar-refractivity contribution >= 4 is 22.6 Å². The summed E-state index contributed by atoms with van der Waals surface area (Å²) < 4.78 is 12.0. The quantitative estimate of drug-likeness (QED) is 0.832. The molecule has 1 aromatic rings. The molecule has 130 valence electrons. The second kappa shape index (κ2) is 7.55. The summed E-state index contributed by atoms with van der Waals surface area (Å²) >= 11 is 1.45. The van der Waals surface area contributed by atoms with Crippen molar-refractivity contribution in [1.82, 2.24) is 4.98 Å². The van der Waals surface area contributed by atoms with Gasteiger partial charge in [0.25, 0.3) is 0 Å². The largest absolute Gasteiger partial charge is 0.388 e. The minimum atomic E-state index is -1.04. The zero-order valence-corrected chi connectivity index (χ0v) is 15.7. The van der Waals surface area contributed by atoms with Gasteiger partial charge in [-0.15, -0.1) is 11.8 Å². The van der Waals surface area contributed by atoms with Gasteiger partial charge in [-0.3, -0.25) is 4.21 Å². The first-order valence-corrected chi connectivity index (χ1v) is 11.2. The van der Waals surface area contributed by atoms with Crippen molar-refractivity contribution in [3.05, 3.63) is 22.9 Å². The minimum absolute atomic E-state index is 0.179. The van der Waals surface area contributed by atoms with Crippen LogP contribution in [0.5, 0.6) is 0 Å². The van der Waals surface area contributed by atoms with Crippen molar-refractivity contribution in [2.24, 2.45) is 0 Å². The van der Waals surface area contributed by atoms with E-state index in [1.165, 1.54) is 17.3 Å². The molecule has 4 nitrogen and oxygen atoms in total. The van der Waals surface area contributed by atoms with Crippen LogP contribution in [0.25, 0.3) is 0 Å². The Kier molecular flexibility index (Phi) is 5.63. The molecular weight excluding hydrogens is 340 g/mol. The Morgan fingerprint density at radius 1 is 1.42 bits per heavy atom. The van der Waals surface area contributed by atoms with Crippen LogP contribution in [-0.4, -0.2) is 37.2 Å². The van der Waals surface area contributed by atoms with E-state index < -0.39 is 16.4 Å². The predicted octanol–water partition coefficient (Wildman–Crippen LogP) is 2.98. The summed E-state index contributed by atoms with van der Waals surface area (Å²) in [6.07, 6.45) is 9.45. The molecule has 0 radical (unpaired) electrons. The standard InChI is InChI=1S/C18H24N2O2S2/c1-24(22)16-8-4-5-9-18(16,21)12-23-17-14(11-19)10-13-6-2-3-7-15(13)20-17/h10,16,21H,2-9,12H2,1H3/t16-,18+,24-/m1/s1. The average Bonchev–Trinajstić information content (AvgIpc) is 2.59. The van der Waals surface area contributed by atoms with Gasteiger partial charge in [-0.25, -0.2) is 4.98 Å². The molecule has 3 atom stereocenters. The van der Waals surface area contributed by atoms with Gasteiger partial charge in [0.05, 0.1) is 16.4 Å². The van der Waals surface area contributed by atoms with Crippen LogP contribution in [0.3, 0.4) is 0 Å². The van der Waals surface area contributed by atoms with Gasteiger partial charge in [0.2, 0.25) is 0 Å². The number of aryl methyl sites for hydroxylation is 2. The second-order valence-corrected chi connectivity index (χ2v) is 9.42. The van der Waals surface area contributed by atoms with Gasteiger partial charge in [0.15, 0.2) is 0 Å². The lowest BCUT2D eigenvalue weighted by Crippen LogP contribution is -2.49. The van der Waals surface area contributed by atoms with Crippen molar-refractivity contribution in [3.8, 4) is 6.07 Å². The molecular formula is C18H24N2O2S2. The summed E-state index contributed by atoms with van der Waals surface area (Å²) in [4.78, 5) is 4.72. The highest BCUT2D eigenvalue weighted by Crippen LogP contribution is 2.37. The number of hydrogen-bond acceptors (Lipinski definition) is 5. The molecule has 0 bridgehead atoms. The topological polar surface area (TPSA) is 74.0 Å². The van der Waals surface area contributed by atoms with Crippen molar-refractivity contribution < 1.29 is 9.32 Å².